The summed E-state index contributed by atoms with van der Waals surface area (Å²) in [7, 11) is 0. The Kier molecular flexibility index (Phi) is 5.21. The van der Waals surface area contributed by atoms with Crippen LogP contribution < -0.4 is 10.7 Å². The van der Waals surface area contributed by atoms with Gasteiger partial charge in [-0.3, -0.25) is 9.59 Å². The number of hydrazone groups is 1. The smallest absolute Gasteiger partial charge is 0.271 e. The molecule has 0 unspecified atom stereocenters. The van der Waals surface area contributed by atoms with Gasteiger partial charge in [0, 0.05) is 16.8 Å². The van der Waals surface area contributed by atoms with Crippen LogP contribution in [0.5, 0.6) is 0 Å². The molecular weight excluding hydrogens is 318 g/mol. The van der Waals surface area contributed by atoms with Crippen molar-refractivity contribution in [3.63, 3.8) is 0 Å². The van der Waals surface area contributed by atoms with Crippen LogP contribution in [0.25, 0.3) is 0 Å². The van der Waals surface area contributed by atoms with Gasteiger partial charge in [-0.2, -0.15) is 5.10 Å². The summed E-state index contributed by atoms with van der Waals surface area (Å²) in [6, 6.07) is 10.1. The first-order valence-corrected chi connectivity index (χ1v) is 7.87. The predicted molar refractivity (Wildman–Crippen MR) is 95.3 cm³/mol. The molecule has 1 aromatic carbocycles. The zero-order valence-electron chi connectivity index (χ0n) is 13.4. The fraction of sp³-hybridized carbons (Fsp3) is 0.105. The van der Waals surface area contributed by atoms with Gasteiger partial charge in [0.15, 0.2) is 0 Å². The summed E-state index contributed by atoms with van der Waals surface area (Å²) in [5.74, 6) is -0.0323. The van der Waals surface area contributed by atoms with Crippen LogP contribution in [0.1, 0.15) is 29.0 Å². The molecule has 2 aromatic rings. The van der Waals surface area contributed by atoms with E-state index in [4.69, 9.17) is 4.42 Å². The molecule has 2 N–H and O–H groups in total. The molecule has 1 heterocycles. The lowest BCUT2D eigenvalue weighted by molar-refractivity contribution is -0.112. The van der Waals surface area contributed by atoms with Gasteiger partial charge in [0.2, 0.25) is 0 Å². The minimum absolute atomic E-state index is 0.190. The third kappa shape index (κ3) is 4.54. The molecule has 0 fully saturated rings. The van der Waals surface area contributed by atoms with Crippen molar-refractivity contribution in [3.8, 4) is 0 Å². The first kappa shape index (κ1) is 16.4. The maximum Gasteiger partial charge on any atom is 0.271 e. The summed E-state index contributed by atoms with van der Waals surface area (Å²) in [6.45, 7) is 0. The van der Waals surface area contributed by atoms with Gasteiger partial charge in [0.25, 0.3) is 11.8 Å². The summed E-state index contributed by atoms with van der Waals surface area (Å²) in [6.07, 6.45) is 10.4. The van der Waals surface area contributed by atoms with E-state index < -0.39 is 0 Å². The second kappa shape index (κ2) is 7.92. The van der Waals surface area contributed by atoms with Crippen molar-refractivity contribution in [1.29, 1.82) is 0 Å². The molecule has 25 heavy (non-hydrogen) atoms. The number of hydrogen-bond donors (Lipinski definition) is 2. The summed E-state index contributed by atoms with van der Waals surface area (Å²) in [5, 5.41) is 6.62. The molecule has 1 aliphatic rings. The van der Waals surface area contributed by atoms with Crippen LogP contribution >= 0.6 is 0 Å². The van der Waals surface area contributed by atoms with Crippen LogP contribution in [0.3, 0.4) is 0 Å². The monoisotopic (exact) mass is 335 g/mol. The molecule has 0 spiro atoms. The average molecular weight is 335 g/mol. The second-order valence-electron chi connectivity index (χ2n) is 5.39. The van der Waals surface area contributed by atoms with Gasteiger partial charge in [-0.15, -0.1) is 0 Å². The highest BCUT2D eigenvalue weighted by molar-refractivity contribution is 6.06. The minimum atomic E-state index is -0.379. The Morgan fingerprint density at radius 1 is 1.12 bits per heavy atom. The Hall–Kier alpha value is -3.41. The quantitative estimate of drug-likeness (QED) is 0.650. The van der Waals surface area contributed by atoms with Gasteiger partial charge >= 0.3 is 0 Å². The number of hydrogen-bond acceptors (Lipinski definition) is 4. The first-order valence-electron chi connectivity index (χ1n) is 7.87. The van der Waals surface area contributed by atoms with Gasteiger partial charge < -0.3 is 9.73 Å². The van der Waals surface area contributed by atoms with Crippen molar-refractivity contribution < 1.29 is 14.0 Å². The van der Waals surface area contributed by atoms with Gasteiger partial charge in [0.1, 0.15) is 5.76 Å². The SMILES string of the molecule is O=C(Nc1cccc(C(=O)N/N=C/c2ccco2)c1)C1=CCCC=C1. The maximum absolute atomic E-state index is 12.2. The molecule has 0 atom stereocenters. The zero-order valence-corrected chi connectivity index (χ0v) is 13.4. The Bertz CT molecular complexity index is 849. The Morgan fingerprint density at radius 3 is 2.80 bits per heavy atom. The summed E-state index contributed by atoms with van der Waals surface area (Å²) < 4.78 is 5.08. The van der Waals surface area contributed by atoms with E-state index in [1.807, 2.05) is 12.2 Å². The Labute approximate surface area is 144 Å². The molecule has 0 aliphatic heterocycles. The van der Waals surface area contributed by atoms with Gasteiger partial charge in [-0.25, -0.2) is 5.43 Å². The highest BCUT2D eigenvalue weighted by Gasteiger charge is 2.10. The summed E-state index contributed by atoms with van der Waals surface area (Å²) in [5.41, 5.74) is 3.99. The zero-order chi connectivity index (χ0) is 17.5. The van der Waals surface area contributed by atoms with E-state index in [-0.39, 0.29) is 11.8 Å². The van der Waals surface area contributed by atoms with Crippen molar-refractivity contribution in [3.05, 3.63) is 77.8 Å². The van der Waals surface area contributed by atoms with E-state index in [1.165, 1.54) is 12.5 Å². The molecule has 0 saturated heterocycles. The number of carbonyl (C=O) groups is 2. The lowest BCUT2D eigenvalue weighted by atomic mass is 10.1. The molecule has 3 rings (SSSR count). The molecule has 0 bridgehead atoms. The molecule has 6 nitrogen and oxygen atoms in total. The molecular formula is C19H17N3O3. The highest BCUT2D eigenvalue weighted by atomic mass is 16.3. The van der Waals surface area contributed by atoms with E-state index in [0.29, 0.717) is 22.6 Å². The predicted octanol–water partition coefficient (Wildman–Crippen LogP) is 3.26. The van der Waals surface area contributed by atoms with Crippen molar-refractivity contribution in [2.24, 2.45) is 5.10 Å². The Balaban J connectivity index is 1.62. The number of nitrogens with one attached hydrogen (secondary N) is 2. The Morgan fingerprint density at radius 2 is 2.04 bits per heavy atom. The topological polar surface area (TPSA) is 83.7 Å². The molecule has 0 saturated carbocycles. The van der Waals surface area contributed by atoms with Crippen LogP contribution in [-0.4, -0.2) is 18.0 Å². The number of furan rings is 1. The fourth-order valence-corrected chi connectivity index (χ4v) is 2.31. The second-order valence-corrected chi connectivity index (χ2v) is 5.39. The summed E-state index contributed by atoms with van der Waals surface area (Å²) >= 11 is 0. The van der Waals surface area contributed by atoms with Crippen molar-refractivity contribution in [1.82, 2.24) is 5.43 Å². The van der Waals surface area contributed by atoms with Crippen molar-refractivity contribution >= 4 is 23.7 Å². The molecule has 126 valence electrons. The fourth-order valence-electron chi connectivity index (χ4n) is 2.31. The number of allylic oxidation sites excluding steroid dienone is 2. The van der Waals surface area contributed by atoms with Crippen molar-refractivity contribution in [2.45, 2.75) is 12.8 Å². The maximum atomic E-state index is 12.2. The van der Waals surface area contributed by atoms with Crippen LogP contribution in [0.4, 0.5) is 5.69 Å². The normalized spacial score (nSPS) is 13.5. The van der Waals surface area contributed by atoms with E-state index in [1.54, 1.807) is 42.5 Å². The standard InChI is InChI=1S/C19H17N3O3/c23-18(14-6-2-1-3-7-14)21-16-9-4-8-15(12-16)19(24)22-20-13-17-10-5-11-25-17/h2,4-13H,1,3H2,(H,21,23)(H,22,24)/b20-13+. The molecule has 1 aromatic heterocycles. The lowest BCUT2D eigenvalue weighted by Gasteiger charge is -2.09. The van der Waals surface area contributed by atoms with Gasteiger partial charge in [-0.05, 0) is 43.2 Å². The van der Waals surface area contributed by atoms with E-state index in [0.717, 1.165) is 12.8 Å². The van der Waals surface area contributed by atoms with Crippen LogP contribution in [0, 0.1) is 0 Å². The molecule has 2 amide bonds. The molecule has 6 heteroatoms. The van der Waals surface area contributed by atoms with Crippen LogP contribution in [0.2, 0.25) is 0 Å². The van der Waals surface area contributed by atoms with E-state index in [2.05, 4.69) is 15.8 Å². The van der Waals surface area contributed by atoms with Gasteiger partial charge in [0.05, 0.1) is 12.5 Å². The number of rotatable bonds is 5. The first-order chi connectivity index (χ1) is 12.2. The van der Waals surface area contributed by atoms with Crippen molar-refractivity contribution in [2.75, 3.05) is 5.32 Å². The number of benzene rings is 1. The third-order valence-electron chi connectivity index (χ3n) is 3.54. The number of nitrogens with zero attached hydrogens (tertiary/aromatic N) is 1. The lowest BCUT2D eigenvalue weighted by Crippen LogP contribution is -2.18. The van der Waals surface area contributed by atoms with Crippen LogP contribution in [-0.2, 0) is 4.79 Å². The highest BCUT2D eigenvalue weighted by Crippen LogP contribution is 2.15. The van der Waals surface area contributed by atoms with E-state index >= 15 is 0 Å². The molecule has 0 radical (unpaired) electrons. The van der Waals surface area contributed by atoms with Crippen LogP contribution in [0.15, 0.2) is 76.0 Å². The number of amides is 2. The third-order valence-corrected chi connectivity index (χ3v) is 3.54. The summed E-state index contributed by atoms with van der Waals surface area (Å²) in [4.78, 5) is 24.3. The average Bonchev–Trinajstić information content (AvgIpc) is 3.16. The largest absolute Gasteiger partial charge is 0.463 e. The number of anilines is 1. The number of carbonyl (C=O) groups excluding carboxylic acids is 2. The van der Waals surface area contributed by atoms with Gasteiger partial charge in [-0.1, -0.05) is 24.3 Å². The minimum Gasteiger partial charge on any atom is -0.463 e. The molecule has 1 aliphatic carbocycles. The van der Waals surface area contributed by atoms with E-state index in [9.17, 15) is 9.59 Å².